The van der Waals surface area contributed by atoms with Gasteiger partial charge in [-0.15, -0.1) is 0 Å². The second-order valence-electron chi connectivity index (χ2n) is 4.35. The molecule has 0 saturated heterocycles. The third-order valence-corrected chi connectivity index (χ3v) is 3.81. The highest BCUT2D eigenvalue weighted by atomic mass is 79.9. The van der Waals surface area contributed by atoms with Gasteiger partial charge in [0.05, 0.1) is 14.2 Å². The molecule has 0 aromatic heterocycles. The molecule has 4 heteroatoms. The van der Waals surface area contributed by atoms with Gasteiger partial charge in [-0.2, -0.15) is 0 Å². The van der Waals surface area contributed by atoms with E-state index in [0.717, 1.165) is 28.1 Å². The molecule has 0 radical (unpaired) electrons. The van der Waals surface area contributed by atoms with Crippen LogP contribution in [-0.2, 0) is 13.1 Å². The lowest BCUT2D eigenvalue weighted by Crippen LogP contribution is -2.14. The molecule has 0 fully saturated rings. The fourth-order valence-electron chi connectivity index (χ4n) is 2.06. The molecular formula is C16H18BrNO2. The van der Waals surface area contributed by atoms with Gasteiger partial charge in [0.25, 0.3) is 0 Å². The van der Waals surface area contributed by atoms with Crippen LogP contribution in [0.25, 0.3) is 0 Å². The Morgan fingerprint density at radius 2 is 1.70 bits per heavy atom. The van der Waals surface area contributed by atoms with Gasteiger partial charge >= 0.3 is 0 Å². The summed E-state index contributed by atoms with van der Waals surface area (Å²) in [6.45, 7) is 1.52. The first-order valence-corrected chi connectivity index (χ1v) is 7.19. The molecule has 0 saturated carbocycles. The molecule has 0 amide bonds. The molecule has 0 unspecified atom stereocenters. The third-order valence-electron chi connectivity index (χ3n) is 3.06. The van der Waals surface area contributed by atoms with Gasteiger partial charge in [-0.05, 0) is 17.7 Å². The number of hydrogen-bond acceptors (Lipinski definition) is 3. The molecule has 0 aliphatic carbocycles. The number of hydrogen-bond donors (Lipinski definition) is 1. The monoisotopic (exact) mass is 335 g/mol. The largest absolute Gasteiger partial charge is 0.493 e. The predicted octanol–water partition coefficient (Wildman–Crippen LogP) is 3.76. The first-order chi connectivity index (χ1) is 9.76. The smallest absolute Gasteiger partial charge is 0.166 e. The van der Waals surface area contributed by atoms with Gasteiger partial charge in [-0.3, -0.25) is 0 Å². The van der Waals surface area contributed by atoms with Crippen LogP contribution in [0.4, 0.5) is 0 Å². The van der Waals surface area contributed by atoms with E-state index < -0.39 is 0 Å². The Bertz CT molecular complexity index is 558. The summed E-state index contributed by atoms with van der Waals surface area (Å²) in [5.74, 6) is 1.51. The van der Waals surface area contributed by atoms with E-state index >= 15 is 0 Å². The lowest BCUT2D eigenvalue weighted by molar-refractivity contribution is 0.350. The Hall–Kier alpha value is -1.52. The van der Waals surface area contributed by atoms with Crippen molar-refractivity contribution in [3.05, 3.63) is 58.1 Å². The second kappa shape index (κ2) is 7.31. The van der Waals surface area contributed by atoms with E-state index in [-0.39, 0.29) is 0 Å². The van der Waals surface area contributed by atoms with E-state index in [1.807, 2.05) is 30.3 Å². The molecule has 2 aromatic rings. The van der Waals surface area contributed by atoms with E-state index in [0.29, 0.717) is 6.54 Å². The maximum absolute atomic E-state index is 5.46. The Labute approximate surface area is 128 Å². The molecule has 0 aliphatic rings. The van der Waals surface area contributed by atoms with Gasteiger partial charge in [-0.1, -0.05) is 46.3 Å². The van der Waals surface area contributed by atoms with Gasteiger partial charge in [0, 0.05) is 23.1 Å². The highest BCUT2D eigenvalue weighted by molar-refractivity contribution is 9.10. The van der Waals surface area contributed by atoms with Crippen LogP contribution >= 0.6 is 15.9 Å². The summed E-state index contributed by atoms with van der Waals surface area (Å²) in [5, 5.41) is 3.42. The van der Waals surface area contributed by atoms with Crippen LogP contribution in [0.5, 0.6) is 11.5 Å². The third kappa shape index (κ3) is 3.52. The summed E-state index contributed by atoms with van der Waals surface area (Å²) >= 11 is 3.56. The van der Waals surface area contributed by atoms with Crippen molar-refractivity contribution in [2.75, 3.05) is 14.2 Å². The van der Waals surface area contributed by atoms with Crippen LogP contribution in [0, 0.1) is 0 Å². The first kappa shape index (κ1) is 14.9. The van der Waals surface area contributed by atoms with Crippen molar-refractivity contribution in [3.8, 4) is 11.5 Å². The van der Waals surface area contributed by atoms with E-state index in [2.05, 4.69) is 33.4 Å². The molecule has 0 aliphatic heterocycles. The number of nitrogens with one attached hydrogen (secondary N) is 1. The number of rotatable bonds is 6. The zero-order valence-corrected chi connectivity index (χ0v) is 13.2. The van der Waals surface area contributed by atoms with Crippen LogP contribution in [-0.4, -0.2) is 14.2 Å². The highest BCUT2D eigenvalue weighted by Gasteiger charge is 2.13. The number of methoxy groups -OCH3 is 2. The summed E-state index contributed by atoms with van der Waals surface area (Å²) in [4.78, 5) is 0. The van der Waals surface area contributed by atoms with E-state index in [1.165, 1.54) is 5.56 Å². The van der Waals surface area contributed by atoms with Crippen molar-refractivity contribution in [2.45, 2.75) is 13.1 Å². The topological polar surface area (TPSA) is 30.5 Å². The number of halogens is 1. The molecule has 1 N–H and O–H groups in total. The normalized spacial score (nSPS) is 10.3. The highest BCUT2D eigenvalue weighted by Crippen LogP contribution is 2.35. The molecule has 0 atom stereocenters. The number of benzene rings is 2. The van der Waals surface area contributed by atoms with Gasteiger partial charge in [0.1, 0.15) is 0 Å². The Morgan fingerprint density at radius 1 is 0.950 bits per heavy atom. The van der Waals surface area contributed by atoms with Crippen molar-refractivity contribution in [2.24, 2.45) is 0 Å². The average Bonchev–Trinajstić information content (AvgIpc) is 2.49. The lowest BCUT2D eigenvalue weighted by atomic mass is 10.1. The molecule has 20 heavy (non-hydrogen) atoms. The van der Waals surface area contributed by atoms with Crippen molar-refractivity contribution in [1.82, 2.24) is 5.32 Å². The lowest BCUT2D eigenvalue weighted by Gasteiger charge is -2.15. The van der Waals surface area contributed by atoms with Gasteiger partial charge in [0.15, 0.2) is 11.5 Å². The molecule has 0 spiro atoms. The minimum absolute atomic E-state index is 0.704. The Balaban J connectivity index is 2.09. The SMILES string of the molecule is COc1ccc(Br)c(CNCc2ccccc2)c1OC. The van der Waals surface area contributed by atoms with Crippen LogP contribution in [0.2, 0.25) is 0 Å². The van der Waals surface area contributed by atoms with Gasteiger partial charge in [-0.25, -0.2) is 0 Å². The summed E-state index contributed by atoms with van der Waals surface area (Å²) in [5.41, 5.74) is 2.31. The maximum Gasteiger partial charge on any atom is 0.166 e. The van der Waals surface area contributed by atoms with E-state index in [9.17, 15) is 0 Å². The molecule has 0 bridgehead atoms. The molecule has 2 rings (SSSR count). The van der Waals surface area contributed by atoms with Crippen molar-refractivity contribution in [1.29, 1.82) is 0 Å². The molecular weight excluding hydrogens is 318 g/mol. The fraction of sp³-hybridized carbons (Fsp3) is 0.250. The molecule has 3 nitrogen and oxygen atoms in total. The van der Waals surface area contributed by atoms with Crippen LogP contribution < -0.4 is 14.8 Å². The van der Waals surface area contributed by atoms with E-state index in [1.54, 1.807) is 14.2 Å². The summed E-state index contributed by atoms with van der Waals surface area (Å²) in [7, 11) is 3.30. The standard InChI is InChI=1S/C16H18BrNO2/c1-19-15-9-8-14(17)13(16(15)20-2)11-18-10-12-6-4-3-5-7-12/h3-9,18H,10-11H2,1-2H3. The van der Waals surface area contributed by atoms with Gasteiger partial charge in [0.2, 0.25) is 0 Å². The van der Waals surface area contributed by atoms with Crippen molar-refractivity contribution >= 4 is 15.9 Å². The zero-order valence-electron chi connectivity index (χ0n) is 11.7. The maximum atomic E-state index is 5.46. The van der Waals surface area contributed by atoms with Crippen LogP contribution in [0.3, 0.4) is 0 Å². The quantitative estimate of drug-likeness (QED) is 0.871. The summed E-state index contributed by atoms with van der Waals surface area (Å²) in [6.07, 6.45) is 0. The summed E-state index contributed by atoms with van der Waals surface area (Å²) in [6, 6.07) is 14.2. The predicted molar refractivity (Wildman–Crippen MR) is 84.2 cm³/mol. The Kier molecular flexibility index (Phi) is 5.44. The van der Waals surface area contributed by atoms with Crippen LogP contribution in [0.15, 0.2) is 46.9 Å². The van der Waals surface area contributed by atoms with E-state index in [4.69, 9.17) is 9.47 Å². The van der Waals surface area contributed by atoms with Gasteiger partial charge < -0.3 is 14.8 Å². The Morgan fingerprint density at radius 3 is 2.35 bits per heavy atom. The molecule has 106 valence electrons. The summed E-state index contributed by atoms with van der Waals surface area (Å²) < 4.78 is 11.8. The molecule has 2 aromatic carbocycles. The average molecular weight is 336 g/mol. The van der Waals surface area contributed by atoms with Crippen LogP contribution in [0.1, 0.15) is 11.1 Å². The zero-order chi connectivity index (χ0) is 14.4. The van der Waals surface area contributed by atoms with Crippen molar-refractivity contribution < 1.29 is 9.47 Å². The minimum Gasteiger partial charge on any atom is -0.493 e. The number of ether oxygens (including phenoxy) is 2. The molecule has 0 heterocycles. The van der Waals surface area contributed by atoms with Crippen molar-refractivity contribution in [3.63, 3.8) is 0 Å². The first-order valence-electron chi connectivity index (χ1n) is 6.40. The fourth-order valence-corrected chi connectivity index (χ4v) is 2.51. The minimum atomic E-state index is 0.704. The second-order valence-corrected chi connectivity index (χ2v) is 5.20.